The maximum Gasteiger partial charge on any atom is 0.310 e. The summed E-state index contributed by atoms with van der Waals surface area (Å²) < 4.78 is 26.7. The Morgan fingerprint density at radius 3 is 2.79 bits per heavy atom. The van der Waals surface area contributed by atoms with Crippen molar-refractivity contribution in [3.05, 3.63) is 35.4 Å². The van der Waals surface area contributed by atoms with Gasteiger partial charge in [0.05, 0.1) is 5.41 Å². The number of aliphatic carboxylic acids is 1. The summed E-state index contributed by atoms with van der Waals surface area (Å²) in [5, 5.41) is 9.29. The predicted octanol–water partition coefficient (Wildman–Crippen LogP) is 2.65. The van der Waals surface area contributed by atoms with Crippen molar-refractivity contribution in [2.75, 3.05) is 13.1 Å². The molecule has 0 spiro atoms. The Balaban J connectivity index is 2.10. The van der Waals surface area contributed by atoms with E-state index < -0.39 is 23.0 Å². The topological polar surface area (TPSA) is 40.5 Å². The molecule has 3 nitrogen and oxygen atoms in total. The third-order valence-corrected chi connectivity index (χ3v) is 3.99. The molecule has 1 atom stereocenters. The van der Waals surface area contributed by atoms with Gasteiger partial charge < -0.3 is 5.11 Å². The van der Waals surface area contributed by atoms with Gasteiger partial charge in [-0.15, -0.1) is 0 Å². The van der Waals surface area contributed by atoms with Gasteiger partial charge in [-0.2, -0.15) is 0 Å². The summed E-state index contributed by atoms with van der Waals surface area (Å²) in [6, 6.07) is 4.08. The number of likely N-dealkylation sites (tertiary alicyclic amines) is 1. The van der Waals surface area contributed by atoms with Crippen molar-refractivity contribution in [1.82, 2.24) is 4.90 Å². The minimum absolute atomic E-state index is 0.249. The fourth-order valence-corrected chi connectivity index (χ4v) is 2.62. The molecule has 5 heteroatoms. The second-order valence-electron chi connectivity index (χ2n) is 5.11. The van der Waals surface area contributed by atoms with Crippen LogP contribution in [0.3, 0.4) is 0 Å². The first-order valence-corrected chi connectivity index (χ1v) is 6.37. The first-order chi connectivity index (χ1) is 8.98. The summed E-state index contributed by atoms with van der Waals surface area (Å²) in [5.74, 6) is -2.51. The number of carbonyl (C=O) groups is 1. The average Bonchev–Trinajstić information content (AvgIpc) is 2.80. The van der Waals surface area contributed by atoms with E-state index in [0.717, 1.165) is 6.07 Å². The van der Waals surface area contributed by atoms with Gasteiger partial charge in [-0.1, -0.05) is 19.1 Å². The lowest BCUT2D eigenvalue weighted by molar-refractivity contribution is -0.148. The Bertz CT molecular complexity index is 492. The van der Waals surface area contributed by atoms with E-state index >= 15 is 0 Å². The molecule has 1 heterocycles. The van der Waals surface area contributed by atoms with Crippen LogP contribution in [-0.4, -0.2) is 29.1 Å². The van der Waals surface area contributed by atoms with E-state index in [1.807, 2.05) is 11.8 Å². The second-order valence-corrected chi connectivity index (χ2v) is 5.11. The average molecular weight is 269 g/mol. The Kier molecular flexibility index (Phi) is 3.85. The maximum absolute atomic E-state index is 13.6. The van der Waals surface area contributed by atoms with Crippen molar-refractivity contribution in [2.24, 2.45) is 5.41 Å². The third kappa shape index (κ3) is 2.61. The Morgan fingerprint density at radius 1 is 1.47 bits per heavy atom. The lowest BCUT2D eigenvalue weighted by Gasteiger charge is -2.23. The molecule has 1 saturated heterocycles. The van der Waals surface area contributed by atoms with Crippen LogP contribution in [0, 0.1) is 17.0 Å². The van der Waals surface area contributed by atoms with Crippen LogP contribution in [0.4, 0.5) is 8.78 Å². The molecule has 1 aromatic carbocycles. The highest BCUT2D eigenvalue weighted by Crippen LogP contribution is 2.35. The molecule has 19 heavy (non-hydrogen) atoms. The van der Waals surface area contributed by atoms with Gasteiger partial charge in [-0.3, -0.25) is 9.69 Å². The van der Waals surface area contributed by atoms with Crippen molar-refractivity contribution in [1.29, 1.82) is 0 Å². The minimum atomic E-state index is -0.864. The number of hydrogen-bond donors (Lipinski definition) is 1. The summed E-state index contributed by atoms with van der Waals surface area (Å²) >= 11 is 0. The number of carboxylic acid groups (broad SMARTS) is 1. The number of hydrogen-bond acceptors (Lipinski definition) is 2. The highest BCUT2D eigenvalue weighted by molar-refractivity contribution is 5.75. The molecule has 1 aliphatic heterocycles. The molecule has 0 aliphatic carbocycles. The van der Waals surface area contributed by atoms with Crippen molar-refractivity contribution < 1.29 is 18.7 Å². The number of nitrogens with zero attached hydrogens (tertiary/aromatic N) is 1. The quantitative estimate of drug-likeness (QED) is 0.913. The molecule has 1 fully saturated rings. The van der Waals surface area contributed by atoms with Gasteiger partial charge in [0.25, 0.3) is 0 Å². The van der Waals surface area contributed by atoms with Crippen LogP contribution < -0.4 is 0 Å². The normalized spacial score (nSPS) is 23.7. The molecule has 0 aromatic heterocycles. The van der Waals surface area contributed by atoms with Gasteiger partial charge >= 0.3 is 5.97 Å². The van der Waals surface area contributed by atoms with Crippen molar-refractivity contribution in [3.8, 4) is 0 Å². The molecule has 1 aliphatic rings. The summed E-state index contributed by atoms with van der Waals surface area (Å²) in [6.45, 7) is 3.07. The van der Waals surface area contributed by atoms with Crippen LogP contribution in [0.25, 0.3) is 0 Å². The van der Waals surface area contributed by atoms with E-state index in [2.05, 4.69) is 0 Å². The molecule has 0 amide bonds. The molecule has 0 bridgehead atoms. The lowest BCUT2D eigenvalue weighted by Crippen LogP contribution is -2.34. The fraction of sp³-hybridized carbons (Fsp3) is 0.500. The van der Waals surface area contributed by atoms with Crippen molar-refractivity contribution in [2.45, 2.75) is 26.3 Å². The van der Waals surface area contributed by atoms with E-state index in [-0.39, 0.29) is 12.1 Å². The summed E-state index contributed by atoms with van der Waals surface area (Å²) in [6.07, 6.45) is 1.10. The Morgan fingerprint density at radius 2 is 2.21 bits per heavy atom. The molecule has 1 aromatic rings. The van der Waals surface area contributed by atoms with Crippen LogP contribution in [0.2, 0.25) is 0 Å². The molecule has 0 radical (unpaired) electrons. The van der Waals surface area contributed by atoms with E-state index in [1.54, 1.807) is 0 Å². The van der Waals surface area contributed by atoms with Gasteiger partial charge in [0.1, 0.15) is 0 Å². The highest BCUT2D eigenvalue weighted by Gasteiger charge is 2.43. The summed E-state index contributed by atoms with van der Waals surface area (Å²) in [5.41, 5.74) is -0.471. The van der Waals surface area contributed by atoms with Crippen LogP contribution in [0.1, 0.15) is 25.3 Å². The molecule has 2 rings (SSSR count). The predicted molar refractivity (Wildman–Crippen MR) is 66.6 cm³/mol. The van der Waals surface area contributed by atoms with Gasteiger partial charge in [-0.25, -0.2) is 8.78 Å². The zero-order valence-corrected chi connectivity index (χ0v) is 10.8. The number of carboxylic acids is 1. The van der Waals surface area contributed by atoms with Crippen molar-refractivity contribution in [3.63, 3.8) is 0 Å². The van der Waals surface area contributed by atoms with E-state index in [0.29, 0.717) is 25.9 Å². The molecule has 0 saturated carbocycles. The zero-order valence-electron chi connectivity index (χ0n) is 10.8. The number of benzene rings is 1. The SMILES string of the molecule is CCC1(C(=O)O)CCN(Cc2cccc(F)c2F)C1. The smallest absolute Gasteiger partial charge is 0.310 e. The number of rotatable bonds is 4. The van der Waals surface area contributed by atoms with Crippen LogP contribution >= 0.6 is 0 Å². The van der Waals surface area contributed by atoms with E-state index in [9.17, 15) is 18.7 Å². The monoisotopic (exact) mass is 269 g/mol. The summed E-state index contributed by atoms with van der Waals surface area (Å²) in [7, 11) is 0. The van der Waals surface area contributed by atoms with Crippen LogP contribution in [0.15, 0.2) is 18.2 Å². The van der Waals surface area contributed by atoms with Crippen molar-refractivity contribution >= 4 is 5.97 Å². The van der Waals surface area contributed by atoms with Gasteiger partial charge in [0, 0.05) is 18.7 Å². The molecule has 1 N–H and O–H groups in total. The highest BCUT2D eigenvalue weighted by atomic mass is 19.2. The Labute approximate surface area is 110 Å². The minimum Gasteiger partial charge on any atom is -0.481 e. The van der Waals surface area contributed by atoms with Gasteiger partial charge in [-0.05, 0) is 25.5 Å². The summed E-state index contributed by atoms with van der Waals surface area (Å²) in [4.78, 5) is 13.2. The zero-order chi connectivity index (χ0) is 14.0. The fourth-order valence-electron chi connectivity index (χ4n) is 2.62. The van der Waals surface area contributed by atoms with E-state index in [1.165, 1.54) is 12.1 Å². The lowest BCUT2D eigenvalue weighted by atomic mass is 9.84. The maximum atomic E-state index is 13.6. The molecular formula is C14H17F2NO2. The largest absolute Gasteiger partial charge is 0.481 e. The number of halogens is 2. The third-order valence-electron chi connectivity index (χ3n) is 3.99. The molecule has 104 valence electrons. The molecule has 1 unspecified atom stereocenters. The van der Waals surface area contributed by atoms with Crippen LogP contribution in [0.5, 0.6) is 0 Å². The van der Waals surface area contributed by atoms with Crippen LogP contribution in [-0.2, 0) is 11.3 Å². The first-order valence-electron chi connectivity index (χ1n) is 6.37. The molecular weight excluding hydrogens is 252 g/mol. The Hall–Kier alpha value is -1.49. The first kappa shape index (κ1) is 13.9. The standard InChI is InChI=1S/C14H17F2NO2/c1-2-14(13(18)19)6-7-17(9-14)8-10-4-3-5-11(15)12(10)16/h3-5H,2,6-9H2,1H3,(H,18,19). The van der Waals surface area contributed by atoms with Gasteiger partial charge in [0.15, 0.2) is 11.6 Å². The van der Waals surface area contributed by atoms with Gasteiger partial charge in [0.2, 0.25) is 0 Å². The second kappa shape index (κ2) is 5.25. The van der Waals surface area contributed by atoms with E-state index in [4.69, 9.17) is 0 Å².